The first-order valence-corrected chi connectivity index (χ1v) is 20.4. The smallest absolute Gasteiger partial charge is 0.0973 e. The average molecular weight is 695 g/mol. The number of unbranched alkanes of at least 4 members (excludes halogenated alkanes) is 10. The van der Waals surface area contributed by atoms with Gasteiger partial charge in [-0.25, -0.2) is 9.97 Å². The Balaban J connectivity index is 1.37. The van der Waals surface area contributed by atoms with Crippen molar-refractivity contribution < 1.29 is 0 Å². The Bertz CT molecular complexity index is 2140. The molecule has 6 aromatic rings. The largest absolute Gasteiger partial charge is 0.244 e. The number of nitrogens with zero attached hydrogens (tertiary/aromatic N) is 2. The molecule has 7 rings (SSSR count). The highest BCUT2D eigenvalue weighted by molar-refractivity contribution is 5.93. The van der Waals surface area contributed by atoms with Crippen molar-refractivity contribution in [1.82, 2.24) is 9.97 Å². The molecular weight excluding hydrogens is 641 g/mol. The number of hydrogen-bond acceptors (Lipinski definition) is 2. The van der Waals surface area contributed by atoms with Gasteiger partial charge in [-0.05, 0) is 71.5 Å². The second kappa shape index (κ2) is 17.7. The van der Waals surface area contributed by atoms with Crippen LogP contribution in [0.5, 0.6) is 0 Å². The SMILES string of the molecule is CCCCCCCCC1(CCCCCCCC)c2cc(C#Cc3ccccc3)ccc2-c2cc3nc(-c4ccccc4)c(-c4ccccc4)nc3cc21. The Kier molecular flexibility index (Phi) is 12.1. The molecule has 0 amide bonds. The lowest BCUT2D eigenvalue weighted by atomic mass is 9.70. The zero-order valence-corrected chi connectivity index (χ0v) is 31.8. The van der Waals surface area contributed by atoms with Gasteiger partial charge in [0.15, 0.2) is 0 Å². The molecule has 1 aromatic heterocycles. The molecule has 0 fully saturated rings. The van der Waals surface area contributed by atoms with Crippen LogP contribution in [-0.4, -0.2) is 9.97 Å². The van der Waals surface area contributed by atoms with Crippen LogP contribution in [0.25, 0.3) is 44.7 Å². The molecule has 0 bridgehead atoms. The summed E-state index contributed by atoms with van der Waals surface area (Å²) in [6.45, 7) is 4.61. The van der Waals surface area contributed by atoms with E-state index in [0.717, 1.165) is 57.5 Å². The lowest BCUT2D eigenvalue weighted by molar-refractivity contribution is 0.398. The van der Waals surface area contributed by atoms with E-state index in [0.29, 0.717) is 0 Å². The fraction of sp³-hybridized carbons (Fsp3) is 0.333. The van der Waals surface area contributed by atoms with Gasteiger partial charge < -0.3 is 0 Å². The molecular formula is C51H54N2. The van der Waals surface area contributed by atoms with E-state index in [4.69, 9.17) is 9.97 Å². The molecule has 1 heterocycles. The topological polar surface area (TPSA) is 25.8 Å². The van der Waals surface area contributed by atoms with Gasteiger partial charge in [-0.2, -0.15) is 0 Å². The van der Waals surface area contributed by atoms with Gasteiger partial charge in [-0.3, -0.25) is 0 Å². The van der Waals surface area contributed by atoms with Gasteiger partial charge >= 0.3 is 0 Å². The number of aromatic nitrogens is 2. The summed E-state index contributed by atoms with van der Waals surface area (Å²) in [6.07, 6.45) is 17.8. The van der Waals surface area contributed by atoms with Crippen LogP contribution in [-0.2, 0) is 5.41 Å². The van der Waals surface area contributed by atoms with Crippen molar-refractivity contribution in [3.8, 4) is 45.5 Å². The summed E-state index contributed by atoms with van der Waals surface area (Å²) in [6, 6.07) is 43.3. The van der Waals surface area contributed by atoms with E-state index in [2.05, 4.69) is 147 Å². The van der Waals surface area contributed by atoms with Crippen LogP contribution in [0.1, 0.15) is 126 Å². The molecule has 0 saturated heterocycles. The summed E-state index contributed by atoms with van der Waals surface area (Å²) in [5, 5.41) is 0. The van der Waals surface area contributed by atoms with Gasteiger partial charge in [0.25, 0.3) is 0 Å². The van der Waals surface area contributed by atoms with Gasteiger partial charge in [0.2, 0.25) is 0 Å². The fourth-order valence-corrected chi connectivity index (χ4v) is 8.46. The third kappa shape index (κ3) is 8.31. The van der Waals surface area contributed by atoms with E-state index in [1.165, 1.54) is 99.3 Å². The summed E-state index contributed by atoms with van der Waals surface area (Å²) in [4.78, 5) is 10.9. The van der Waals surface area contributed by atoms with Gasteiger partial charge in [0, 0.05) is 27.7 Å². The molecule has 2 heteroatoms. The van der Waals surface area contributed by atoms with Gasteiger partial charge in [-0.1, -0.05) is 188 Å². The molecule has 0 N–H and O–H groups in total. The fourth-order valence-electron chi connectivity index (χ4n) is 8.46. The van der Waals surface area contributed by atoms with Crippen molar-refractivity contribution in [2.45, 2.75) is 109 Å². The highest BCUT2D eigenvalue weighted by Gasteiger charge is 2.43. The molecule has 1 aliphatic carbocycles. The first kappa shape index (κ1) is 36.4. The predicted octanol–water partition coefficient (Wildman–Crippen LogP) is 14.1. The Morgan fingerprint density at radius 1 is 0.434 bits per heavy atom. The normalized spacial score (nSPS) is 12.6. The molecule has 268 valence electrons. The molecule has 0 atom stereocenters. The Morgan fingerprint density at radius 3 is 1.47 bits per heavy atom. The summed E-state index contributed by atoms with van der Waals surface area (Å²) < 4.78 is 0. The molecule has 53 heavy (non-hydrogen) atoms. The van der Waals surface area contributed by atoms with E-state index in [1.54, 1.807) is 0 Å². The van der Waals surface area contributed by atoms with Crippen LogP contribution in [0.15, 0.2) is 121 Å². The van der Waals surface area contributed by atoms with E-state index in [1.807, 2.05) is 0 Å². The third-order valence-corrected chi connectivity index (χ3v) is 11.3. The van der Waals surface area contributed by atoms with E-state index in [-0.39, 0.29) is 5.41 Å². The third-order valence-electron chi connectivity index (χ3n) is 11.3. The average Bonchev–Trinajstić information content (AvgIpc) is 3.46. The van der Waals surface area contributed by atoms with Gasteiger partial charge in [0.05, 0.1) is 22.4 Å². The highest BCUT2D eigenvalue weighted by Crippen LogP contribution is 2.55. The monoisotopic (exact) mass is 694 g/mol. The van der Waals surface area contributed by atoms with Gasteiger partial charge in [-0.15, -0.1) is 0 Å². The van der Waals surface area contributed by atoms with Crippen LogP contribution in [0.4, 0.5) is 0 Å². The second-order valence-electron chi connectivity index (χ2n) is 15.0. The van der Waals surface area contributed by atoms with Crippen LogP contribution in [0, 0.1) is 11.8 Å². The van der Waals surface area contributed by atoms with Crippen molar-refractivity contribution in [1.29, 1.82) is 0 Å². The molecule has 1 aliphatic rings. The Hall–Kier alpha value is -5.00. The predicted molar refractivity (Wildman–Crippen MR) is 225 cm³/mol. The number of fused-ring (bicyclic) bond motifs is 4. The molecule has 0 unspecified atom stereocenters. The molecule has 2 nitrogen and oxygen atoms in total. The standard InChI is InChI=1S/C51H54N2/c1-3-5-7-9-11-22-34-51(35-23-12-10-8-6-4-2)45-36-40(31-30-39-24-16-13-17-25-39)32-33-43(45)44-37-47-48(38-46(44)51)53-50(42-28-20-15-21-29-42)49(52-47)41-26-18-14-19-27-41/h13-21,24-29,32-33,36-38H,3-12,22-23,34-35H2,1-2H3. The number of benzene rings is 5. The van der Waals surface area contributed by atoms with Crippen LogP contribution in [0.3, 0.4) is 0 Å². The Morgan fingerprint density at radius 2 is 0.906 bits per heavy atom. The summed E-state index contributed by atoms with van der Waals surface area (Å²) in [5.74, 6) is 6.99. The van der Waals surface area contributed by atoms with E-state index >= 15 is 0 Å². The molecule has 0 spiro atoms. The second-order valence-corrected chi connectivity index (χ2v) is 15.0. The summed E-state index contributed by atoms with van der Waals surface area (Å²) in [5.41, 5.74) is 13.6. The maximum atomic E-state index is 5.48. The van der Waals surface area contributed by atoms with Crippen molar-refractivity contribution in [3.05, 3.63) is 144 Å². The van der Waals surface area contributed by atoms with Crippen molar-refractivity contribution in [2.24, 2.45) is 0 Å². The van der Waals surface area contributed by atoms with Crippen molar-refractivity contribution >= 4 is 11.0 Å². The first-order valence-electron chi connectivity index (χ1n) is 20.4. The minimum atomic E-state index is -0.0779. The highest BCUT2D eigenvalue weighted by atomic mass is 14.8. The first-order chi connectivity index (χ1) is 26.2. The molecule has 0 saturated carbocycles. The summed E-state index contributed by atoms with van der Waals surface area (Å²) in [7, 11) is 0. The maximum Gasteiger partial charge on any atom is 0.0973 e. The Labute approximate surface area is 318 Å². The zero-order valence-electron chi connectivity index (χ0n) is 31.8. The van der Waals surface area contributed by atoms with Crippen molar-refractivity contribution in [3.63, 3.8) is 0 Å². The molecule has 5 aromatic carbocycles. The summed E-state index contributed by atoms with van der Waals surface area (Å²) >= 11 is 0. The quantitative estimate of drug-likeness (QED) is 0.0744. The lowest BCUT2D eigenvalue weighted by Crippen LogP contribution is -2.25. The maximum absolute atomic E-state index is 5.48. The van der Waals surface area contributed by atoms with E-state index in [9.17, 15) is 0 Å². The van der Waals surface area contributed by atoms with Crippen molar-refractivity contribution in [2.75, 3.05) is 0 Å². The minimum Gasteiger partial charge on any atom is -0.244 e. The van der Waals surface area contributed by atoms with Crippen LogP contribution < -0.4 is 0 Å². The molecule has 0 radical (unpaired) electrons. The minimum absolute atomic E-state index is 0.0779. The zero-order chi connectivity index (χ0) is 36.3. The van der Waals surface area contributed by atoms with E-state index < -0.39 is 0 Å². The molecule has 0 aliphatic heterocycles. The van der Waals surface area contributed by atoms with Gasteiger partial charge in [0.1, 0.15) is 0 Å². The number of rotatable bonds is 16. The number of hydrogen-bond donors (Lipinski definition) is 0. The van der Waals surface area contributed by atoms with Crippen LogP contribution in [0.2, 0.25) is 0 Å². The lowest BCUT2D eigenvalue weighted by Gasteiger charge is -2.33. The van der Waals surface area contributed by atoms with Crippen LogP contribution >= 0.6 is 0 Å².